The van der Waals surface area contributed by atoms with Gasteiger partial charge in [0.05, 0.1) is 19.3 Å². The molecular weight excluding hydrogens is 240 g/mol. The minimum atomic E-state index is -0.0307. The summed E-state index contributed by atoms with van der Waals surface area (Å²) < 4.78 is 10.7. The lowest BCUT2D eigenvalue weighted by Gasteiger charge is -2.48. The number of esters is 1. The zero-order chi connectivity index (χ0) is 13.6. The topological polar surface area (TPSA) is 39.4 Å². The van der Waals surface area contributed by atoms with Crippen molar-refractivity contribution in [3.8, 4) is 0 Å². The van der Waals surface area contributed by atoms with E-state index < -0.39 is 0 Å². The van der Waals surface area contributed by atoms with E-state index in [-0.39, 0.29) is 17.3 Å². The Hall–Kier alpha value is -1.25. The minimum absolute atomic E-state index is 0.0307. The van der Waals surface area contributed by atoms with Crippen molar-refractivity contribution in [1.82, 2.24) is 0 Å². The number of hydrogen-bond acceptors (Lipinski definition) is 3. The summed E-state index contributed by atoms with van der Waals surface area (Å²) in [6, 6.07) is 0. The first-order valence-corrected chi connectivity index (χ1v) is 7.20. The molecule has 3 rings (SSSR count). The van der Waals surface area contributed by atoms with E-state index in [2.05, 4.69) is 13.8 Å². The van der Waals surface area contributed by atoms with Gasteiger partial charge in [0.1, 0.15) is 5.76 Å². The lowest BCUT2D eigenvalue weighted by atomic mass is 9.55. The molecule has 0 unspecified atom stereocenters. The number of carbonyl (C=O) groups is 1. The van der Waals surface area contributed by atoms with Crippen LogP contribution in [0.5, 0.6) is 0 Å². The summed E-state index contributed by atoms with van der Waals surface area (Å²) in [6.07, 6.45) is 7.07. The molecule has 0 amide bonds. The molecule has 3 atom stereocenters. The Morgan fingerprint density at radius 3 is 3.00 bits per heavy atom. The van der Waals surface area contributed by atoms with Crippen molar-refractivity contribution in [3.63, 3.8) is 0 Å². The van der Waals surface area contributed by atoms with Gasteiger partial charge in [-0.1, -0.05) is 13.3 Å². The van der Waals surface area contributed by atoms with E-state index in [9.17, 15) is 4.79 Å². The van der Waals surface area contributed by atoms with Crippen LogP contribution in [0.1, 0.15) is 43.1 Å². The van der Waals surface area contributed by atoms with Gasteiger partial charge in [0.2, 0.25) is 0 Å². The van der Waals surface area contributed by atoms with Gasteiger partial charge in [-0.3, -0.25) is 4.79 Å². The highest BCUT2D eigenvalue weighted by Crippen LogP contribution is 2.53. The summed E-state index contributed by atoms with van der Waals surface area (Å²) in [5.41, 5.74) is 2.59. The van der Waals surface area contributed by atoms with Gasteiger partial charge in [0.25, 0.3) is 0 Å². The summed E-state index contributed by atoms with van der Waals surface area (Å²) in [5, 5.41) is 0. The fraction of sp³-hybridized carbons (Fsp3) is 0.688. The van der Waals surface area contributed by atoms with Crippen LogP contribution in [-0.2, 0) is 22.4 Å². The fourth-order valence-corrected chi connectivity index (χ4v) is 4.18. The van der Waals surface area contributed by atoms with Crippen molar-refractivity contribution in [1.29, 1.82) is 0 Å². The minimum Gasteiger partial charge on any atom is -0.469 e. The maximum absolute atomic E-state index is 12.1. The van der Waals surface area contributed by atoms with Crippen LogP contribution in [-0.4, -0.2) is 13.1 Å². The number of furan rings is 1. The molecule has 0 aliphatic heterocycles. The second-order valence-corrected chi connectivity index (χ2v) is 6.41. The summed E-state index contributed by atoms with van der Waals surface area (Å²) >= 11 is 0. The first-order valence-electron chi connectivity index (χ1n) is 7.20. The zero-order valence-electron chi connectivity index (χ0n) is 12.0. The maximum Gasteiger partial charge on any atom is 0.309 e. The number of aryl methyl sites for hydroxylation is 1. The number of carbonyl (C=O) groups excluding carboxylic acids is 1. The lowest BCUT2D eigenvalue weighted by molar-refractivity contribution is -0.155. The molecule has 0 spiro atoms. The molecule has 3 heteroatoms. The van der Waals surface area contributed by atoms with Gasteiger partial charge in [-0.25, -0.2) is 0 Å². The van der Waals surface area contributed by atoms with Gasteiger partial charge in [0, 0.05) is 6.42 Å². The van der Waals surface area contributed by atoms with E-state index >= 15 is 0 Å². The molecule has 2 aliphatic rings. The van der Waals surface area contributed by atoms with E-state index in [4.69, 9.17) is 9.15 Å². The highest BCUT2D eigenvalue weighted by Gasteiger charge is 2.50. The summed E-state index contributed by atoms with van der Waals surface area (Å²) in [6.45, 7) is 4.37. The molecule has 0 aromatic carbocycles. The van der Waals surface area contributed by atoms with Crippen molar-refractivity contribution < 1.29 is 13.9 Å². The van der Waals surface area contributed by atoms with E-state index in [1.54, 1.807) is 0 Å². The quantitative estimate of drug-likeness (QED) is 0.729. The molecule has 3 nitrogen and oxygen atoms in total. The normalized spacial score (nSPS) is 33.4. The van der Waals surface area contributed by atoms with Crippen LogP contribution in [0.15, 0.2) is 10.7 Å². The van der Waals surface area contributed by atoms with Gasteiger partial charge < -0.3 is 9.15 Å². The average Bonchev–Trinajstić information content (AvgIpc) is 2.75. The van der Waals surface area contributed by atoms with E-state index in [0.717, 1.165) is 31.4 Å². The Morgan fingerprint density at radius 1 is 1.47 bits per heavy atom. The van der Waals surface area contributed by atoms with Crippen molar-refractivity contribution >= 4 is 5.97 Å². The van der Waals surface area contributed by atoms with E-state index in [1.807, 2.05) is 6.26 Å². The van der Waals surface area contributed by atoms with Crippen LogP contribution >= 0.6 is 0 Å². The number of ether oxygens (including phenoxy) is 1. The fourth-order valence-electron chi connectivity index (χ4n) is 4.18. The van der Waals surface area contributed by atoms with Gasteiger partial charge in [-0.05, 0) is 48.6 Å². The SMILES string of the molecule is COC(=O)[C@H]1CCC[C@@H]2Cc3occ(C)c3C[C@@]21C. The van der Waals surface area contributed by atoms with Crippen LogP contribution < -0.4 is 0 Å². The van der Waals surface area contributed by atoms with Crippen LogP contribution in [0.3, 0.4) is 0 Å². The van der Waals surface area contributed by atoms with Gasteiger partial charge in [-0.2, -0.15) is 0 Å². The van der Waals surface area contributed by atoms with Crippen LogP contribution in [0, 0.1) is 24.2 Å². The van der Waals surface area contributed by atoms with E-state index in [1.165, 1.54) is 24.7 Å². The van der Waals surface area contributed by atoms with Gasteiger partial charge in [0.15, 0.2) is 0 Å². The van der Waals surface area contributed by atoms with Crippen molar-refractivity contribution in [2.24, 2.45) is 17.3 Å². The number of hydrogen-bond donors (Lipinski definition) is 0. The van der Waals surface area contributed by atoms with Gasteiger partial charge >= 0.3 is 5.97 Å². The zero-order valence-corrected chi connectivity index (χ0v) is 12.0. The number of rotatable bonds is 1. The second-order valence-electron chi connectivity index (χ2n) is 6.41. The summed E-state index contributed by atoms with van der Waals surface area (Å²) in [5.74, 6) is 1.70. The van der Waals surface area contributed by atoms with Crippen molar-refractivity contribution in [3.05, 3.63) is 23.2 Å². The third-order valence-corrected chi connectivity index (χ3v) is 5.44. The van der Waals surface area contributed by atoms with Crippen LogP contribution in [0.4, 0.5) is 0 Å². The predicted molar refractivity (Wildman–Crippen MR) is 71.8 cm³/mol. The Balaban J connectivity index is 1.99. The Morgan fingerprint density at radius 2 is 2.26 bits per heavy atom. The van der Waals surface area contributed by atoms with Crippen molar-refractivity contribution in [2.75, 3.05) is 7.11 Å². The highest BCUT2D eigenvalue weighted by atomic mass is 16.5. The maximum atomic E-state index is 12.1. The molecule has 0 saturated heterocycles. The molecule has 0 bridgehead atoms. The summed E-state index contributed by atoms with van der Waals surface area (Å²) in [4.78, 5) is 12.1. The molecule has 1 aromatic heterocycles. The average molecular weight is 262 g/mol. The first kappa shape index (κ1) is 12.8. The number of fused-ring (bicyclic) bond motifs is 2. The molecule has 1 fully saturated rings. The number of methoxy groups -OCH3 is 1. The molecule has 1 saturated carbocycles. The molecule has 1 heterocycles. The Labute approximate surface area is 114 Å². The van der Waals surface area contributed by atoms with Crippen LogP contribution in [0.2, 0.25) is 0 Å². The molecular formula is C16H22O3. The van der Waals surface area contributed by atoms with E-state index in [0.29, 0.717) is 5.92 Å². The largest absolute Gasteiger partial charge is 0.469 e. The standard InChI is InChI=1S/C16H22O3/c1-10-9-19-14-7-11-5-4-6-13(15(17)18-3)16(11,2)8-12(10)14/h9,11,13H,4-8H2,1-3H3/t11-,13-,16+/m1/s1. The van der Waals surface area contributed by atoms with Crippen molar-refractivity contribution in [2.45, 2.75) is 46.0 Å². The van der Waals surface area contributed by atoms with Gasteiger partial charge in [-0.15, -0.1) is 0 Å². The molecule has 104 valence electrons. The lowest BCUT2D eigenvalue weighted by Crippen LogP contribution is -2.47. The smallest absolute Gasteiger partial charge is 0.309 e. The molecule has 2 aliphatic carbocycles. The Bertz CT molecular complexity index is 502. The molecule has 19 heavy (non-hydrogen) atoms. The first-order chi connectivity index (χ1) is 9.06. The third-order valence-electron chi connectivity index (χ3n) is 5.44. The Kier molecular flexibility index (Phi) is 2.95. The third kappa shape index (κ3) is 1.82. The van der Waals surface area contributed by atoms with Crippen LogP contribution in [0.25, 0.3) is 0 Å². The second kappa shape index (κ2) is 4.39. The predicted octanol–water partition coefficient (Wildman–Crippen LogP) is 3.28. The monoisotopic (exact) mass is 262 g/mol. The molecule has 0 radical (unpaired) electrons. The molecule has 1 aromatic rings. The summed E-state index contributed by atoms with van der Waals surface area (Å²) in [7, 11) is 1.51. The molecule has 0 N–H and O–H groups in total. The highest BCUT2D eigenvalue weighted by molar-refractivity contribution is 5.73.